The minimum absolute atomic E-state index is 0.226. The lowest BCUT2D eigenvalue weighted by Crippen LogP contribution is -2.52. The van der Waals surface area contributed by atoms with Crippen molar-refractivity contribution in [2.24, 2.45) is 0 Å². The van der Waals surface area contributed by atoms with Gasteiger partial charge in [0.1, 0.15) is 0 Å². The van der Waals surface area contributed by atoms with Gasteiger partial charge in [0.25, 0.3) is 11.8 Å². The number of benzene rings is 5. The lowest BCUT2D eigenvalue weighted by atomic mass is 9.86. The Morgan fingerprint density at radius 1 is 0.524 bits per heavy atom. The van der Waals surface area contributed by atoms with Crippen molar-refractivity contribution in [1.29, 1.82) is 0 Å². The van der Waals surface area contributed by atoms with E-state index in [-0.39, 0.29) is 18.4 Å². The number of para-hydroxylation sites is 4. The molecule has 0 bridgehead atoms. The summed E-state index contributed by atoms with van der Waals surface area (Å²) in [6, 6.07) is 45.2. The van der Waals surface area contributed by atoms with Crippen LogP contribution in [0.5, 0.6) is 11.5 Å². The number of rotatable bonds is 12. The fourth-order valence-corrected chi connectivity index (χ4v) is 4.69. The summed E-state index contributed by atoms with van der Waals surface area (Å²) >= 11 is 0. The maximum Gasteiger partial charge on any atom is 0.269 e. The van der Waals surface area contributed by atoms with Crippen LogP contribution in [0.25, 0.3) is 0 Å². The van der Waals surface area contributed by atoms with E-state index in [9.17, 15) is 9.59 Å². The molecule has 210 valence electrons. The molecule has 0 atom stereocenters. The average molecular weight is 557 g/mol. The Hall–Kier alpha value is -5.36. The van der Waals surface area contributed by atoms with E-state index in [1.165, 1.54) is 0 Å². The van der Waals surface area contributed by atoms with E-state index in [0.29, 0.717) is 35.7 Å². The van der Waals surface area contributed by atoms with Crippen molar-refractivity contribution in [1.82, 2.24) is 0 Å². The molecule has 0 aliphatic heterocycles. The number of amides is 2. The normalized spacial score (nSPS) is 10.9. The van der Waals surface area contributed by atoms with Gasteiger partial charge in [-0.05, 0) is 47.5 Å². The van der Waals surface area contributed by atoms with Crippen LogP contribution in [-0.4, -0.2) is 24.0 Å². The summed E-state index contributed by atoms with van der Waals surface area (Å²) < 4.78 is 12.7. The molecule has 5 aromatic carbocycles. The van der Waals surface area contributed by atoms with Crippen LogP contribution in [0.3, 0.4) is 0 Å². The molecular formula is C36H32N2O4. The van der Waals surface area contributed by atoms with Crippen molar-refractivity contribution in [3.8, 4) is 11.5 Å². The second-order valence-corrected chi connectivity index (χ2v) is 9.89. The lowest BCUT2D eigenvalue weighted by molar-refractivity contribution is -0.131. The first-order chi connectivity index (χ1) is 20.6. The molecule has 5 rings (SSSR count). The highest BCUT2D eigenvalue weighted by molar-refractivity contribution is 5.98. The summed E-state index contributed by atoms with van der Waals surface area (Å²) in [6.07, 6.45) is 0.592. The molecule has 0 aliphatic carbocycles. The quantitative estimate of drug-likeness (QED) is 0.174. The van der Waals surface area contributed by atoms with Gasteiger partial charge in [-0.25, -0.2) is 0 Å². The van der Waals surface area contributed by atoms with Gasteiger partial charge in [0.2, 0.25) is 0 Å². The van der Waals surface area contributed by atoms with Crippen molar-refractivity contribution in [2.45, 2.75) is 18.4 Å². The molecular weight excluding hydrogens is 524 g/mol. The van der Waals surface area contributed by atoms with Crippen LogP contribution < -0.4 is 20.1 Å². The van der Waals surface area contributed by atoms with Crippen molar-refractivity contribution in [3.63, 3.8) is 0 Å². The average Bonchev–Trinajstić information content (AvgIpc) is 3.02. The highest BCUT2D eigenvalue weighted by atomic mass is 16.5. The first kappa shape index (κ1) is 28.2. The largest absolute Gasteiger partial charge is 0.480 e. The van der Waals surface area contributed by atoms with Crippen LogP contribution in [0.15, 0.2) is 146 Å². The van der Waals surface area contributed by atoms with E-state index in [4.69, 9.17) is 9.47 Å². The third-order valence-corrected chi connectivity index (χ3v) is 6.68. The molecule has 0 aromatic heterocycles. The molecule has 5 aromatic rings. The standard InChI is InChI=1S/C36H32N2O4/c39-34(37-30-19-9-3-10-20-30)27-41-32-23-13-14-24-33(32)42-36(25-28-15-5-1-6-16-28,26-29-17-7-2-8-18-29)35(40)38-31-21-11-4-12-22-31/h1-24H,25-27H2,(H,37,39)(H,38,40). The van der Waals surface area contributed by atoms with Gasteiger partial charge in [-0.15, -0.1) is 0 Å². The van der Waals surface area contributed by atoms with Gasteiger partial charge in [-0.1, -0.05) is 109 Å². The van der Waals surface area contributed by atoms with Crippen LogP contribution in [0, 0.1) is 0 Å². The Labute approximate surface area is 245 Å². The third kappa shape index (κ3) is 7.64. The van der Waals surface area contributed by atoms with E-state index in [1.807, 2.05) is 127 Å². The van der Waals surface area contributed by atoms with Gasteiger partial charge in [0, 0.05) is 24.2 Å². The molecule has 0 spiro atoms. The highest BCUT2D eigenvalue weighted by Crippen LogP contribution is 2.34. The van der Waals surface area contributed by atoms with Gasteiger partial charge in [0.15, 0.2) is 23.7 Å². The minimum atomic E-state index is -1.36. The summed E-state index contributed by atoms with van der Waals surface area (Å²) in [4.78, 5) is 26.9. The Morgan fingerprint density at radius 3 is 1.48 bits per heavy atom. The third-order valence-electron chi connectivity index (χ3n) is 6.68. The van der Waals surface area contributed by atoms with Gasteiger partial charge >= 0.3 is 0 Å². The van der Waals surface area contributed by atoms with Crippen molar-refractivity contribution in [3.05, 3.63) is 157 Å². The molecule has 2 N–H and O–H groups in total. The maximum atomic E-state index is 14.3. The first-order valence-corrected chi connectivity index (χ1v) is 13.8. The Kier molecular flexibility index (Phi) is 9.27. The fourth-order valence-electron chi connectivity index (χ4n) is 4.69. The van der Waals surface area contributed by atoms with Gasteiger partial charge < -0.3 is 20.1 Å². The topological polar surface area (TPSA) is 76.7 Å². The van der Waals surface area contributed by atoms with Gasteiger partial charge in [-0.3, -0.25) is 9.59 Å². The number of hydrogen-bond acceptors (Lipinski definition) is 4. The van der Waals surface area contributed by atoms with Crippen molar-refractivity contribution in [2.75, 3.05) is 17.2 Å². The zero-order valence-electron chi connectivity index (χ0n) is 23.1. The number of hydrogen-bond donors (Lipinski definition) is 2. The maximum absolute atomic E-state index is 14.3. The van der Waals surface area contributed by atoms with Crippen LogP contribution in [0.4, 0.5) is 11.4 Å². The SMILES string of the molecule is O=C(COc1ccccc1OC(Cc1ccccc1)(Cc1ccccc1)C(=O)Nc1ccccc1)Nc1ccccc1. The minimum Gasteiger partial charge on any atom is -0.480 e. The first-order valence-electron chi connectivity index (χ1n) is 13.8. The van der Waals surface area contributed by atoms with Crippen LogP contribution in [0.1, 0.15) is 11.1 Å². The number of anilines is 2. The molecule has 0 unspecified atom stereocenters. The number of nitrogens with one attached hydrogen (secondary N) is 2. The predicted molar refractivity (Wildman–Crippen MR) is 166 cm³/mol. The number of carbonyl (C=O) groups is 2. The summed E-state index contributed by atoms with van der Waals surface area (Å²) in [5.41, 5.74) is 1.87. The zero-order chi connectivity index (χ0) is 29.0. The molecule has 2 amide bonds. The van der Waals surface area contributed by atoms with E-state index in [0.717, 1.165) is 11.1 Å². The summed E-state index contributed by atoms with van der Waals surface area (Å²) in [5, 5.41) is 5.89. The Balaban J connectivity index is 1.47. The van der Waals surface area contributed by atoms with Crippen LogP contribution in [0.2, 0.25) is 0 Å². The van der Waals surface area contributed by atoms with E-state index < -0.39 is 5.60 Å². The summed E-state index contributed by atoms with van der Waals surface area (Å²) in [6.45, 7) is -0.226. The van der Waals surface area contributed by atoms with Gasteiger partial charge in [-0.2, -0.15) is 0 Å². The second kappa shape index (κ2) is 13.8. The van der Waals surface area contributed by atoms with Crippen molar-refractivity contribution >= 4 is 23.2 Å². The predicted octanol–water partition coefficient (Wildman–Crippen LogP) is 6.95. The van der Waals surface area contributed by atoms with E-state index in [2.05, 4.69) is 10.6 Å². The molecule has 0 aliphatic rings. The molecule has 6 heteroatoms. The summed E-state index contributed by atoms with van der Waals surface area (Å²) in [7, 11) is 0. The number of carbonyl (C=O) groups excluding carboxylic acids is 2. The summed E-state index contributed by atoms with van der Waals surface area (Å²) in [5.74, 6) is 0.120. The number of ether oxygens (including phenoxy) is 2. The fraction of sp³-hybridized carbons (Fsp3) is 0.111. The smallest absolute Gasteiger partial charge is 0.269 e. The molecule has 0 fully saturated rings. The zero-order valence-corrected chi connectivity index (χ0v) is 23.1. The molecule has 0 radical (unpaired) electrons. The van der Waals surface area contributed by atoms with Crippen LogP contribution >= 0.6 is 0 Å². The van der Waals surface area contributed by atoms with Crippen LogP contribution in [-0.2, 0) is 22.4 Å². The second-order valence-electron chi connectivity index (χ2n) is 9.89. The Morgan fingerprint density at radius 2 is 0.952 bits per heavy atom. The highest BCUT2D eigenvalue weighted by Gasteiger charge is 2.42. The molecule has 42 heavy (non-hydrogen) atoms. The molecule has 0 saturated carbocycles. The lowest BCUT2D eigenvalue weighted by Gasteiger charge is -2.34. The van der Waals surface area contributed by atoms with E-state index >= 15 is 0 Å². The Bertz CT molecular complexity index is 1540. The monoisotopic (exact) mass is 556 g/mol. The molecule has 6 nitrogen and oxygen atoms in total. The van der Waals surface area contributed by atoms with Gasteiger partial charge in [0.05, 0.1) is 0 Å². The molecule has 0 heterocycles. The van der Waals surface area contributed by atoms with Crippen molar-refractivity contribution < 1.29 is 19.1 Å². The molecule has 0 saturated heterocycles. The van der Waals surface area contributed by atoms with E-state index in [1.54, 1.807) is 18.2 Å².